The Kier molecular flexibility index (Phi) is 4.93. The number of rotatable bonds is 4. The molecule has 1 amide bonds. The quantitative estimate of drug-likeness (QED) is 0.846. The van der Waals surface area contributed by atoms with Gasteiger partial charge in [0.15, 0.2) is 0 Å². The highest BCUT2D eigenvalue weighted by molar-refractivity contribution is 5.78. The number of amides is 1. The number of nitrogens with one attached hydrogen (secondary N) is 2. The topological polar surface area (TPSA) is 44.4 Å². The minimum atomic E-state index is 0.106. The third-order valence-electron chi connectivity index (χ3n) is 3.60. The third-order valence-corrected chi connectivity index (χ3v) is 3.60. The van der Waals surface area contributed by atoms with Crippen LogP contribution in [0, 0.1) is 6.92 Å². The molecule has 19 heavy (non-hydrogen) atoms. The summed E-state index contributed by atoms with van der Waals surface area (Å²) < 4.78 is 0. The summed E-state index contributed by atoms with van der Waals surface area (Å²) in [6, 6.07) is 8.69. The van der Waals surface area contributed by atoms with Crippen molar-refractivity contribution >= 4 is 5.91 Å². The van der Waals surface area contributed by atoms with Gasteiger partial charge in [-0.05, 0) is 19.4 Å². The van der Waals surface area contributed by atoms with Crippen LogP contribution in [0.15, 0.2) is 24.3 Å². The Morgan fingerprint density at radius 2 is 2.16 bits per heavy atom. The van der Waals surface area contributed by atoms with Crippen molar-refractivity contribution in [3.8, 4) is 0 Å². The van der Waals surface area contributed by atoms with Crippen LogP contribution in [0.2, 0.25) is 0 Å². The first kappa shape index (κ1) is 14.0. The first-order valence-corrected chi connectivity index (χ1v) is 6.92. The van der Waals surface area contributed by atoms with Crippen molar-refractivity contribution in [2.75, 3.05) is 26.2 Å². The molecule has 2 N–H and O–H groups in total. The van der Waals surface area contributed by atoms with Gasteiger partial charge in [0, 0.05) is 32.2 Å². The van der Waals surface area contributed by atoms with Gasteiger partial charge in [0.05, 0.1) is 6.54 Å². The molecule has 1 heterocycles. The zero-order chi connectivity index (χ0) is 13.7. The summed E-state index contributed by atoms with van der Waals surface area (Å²) in [6.07, 6.45) is 0. The Morgan fingerprint density at radius 1 is 1.42 bits per heavy atom. The predicted molar refractivity (Wildman–Crippen MR) is 76.9 cm³/mol. The zero-order valence-electron chi connectivity index (χ0n) is 11.8. The van der Waals surface area contributed by atoms with Crippen LogP contribution in [-0.2, 0) is 11.3 Å². The van der Waals surface area contributed by atoms with Gasteiger partial charge in [-0.3, -0.25) is 9.69 Å². The zero-order valence-corrected chi connectivity index (χ0v) is 11.8. The first-order chi connectivity index (χ1) is 9.15. The minimum absolute atomic E-state index is 0.106. The molecule has 1 aromatic carbocycles. The van der Waals surface area contributed by atoms with Gasteiger partial charge in [0.25, 0.3) is 0 Å². The van der Waals surface area contributed by atoms with E-state index in [0.29, 0.717) is 19.1 Å². The molecule has 1 aromatic rings. The molecular formula is C15H23N3O. The van der Waals surface area contributed by atoms with E-state index >= 15 is 0 Å². The Morgan fingerprint density at radius 3 is 2.84 bits per heavy atom. The Balaban J connectivity index is 1.76. The lowest BCUT2D eigenvalue weighted by Gasteiger charge is -2.33. The molecule has 0 aromatic heterocycles. The van der Waals surface area contributed by atoms with Crippen molar-refractivity contribution in [2.24, 2.45) is 0 Å². The summed E-state index contributed by atoms with van der Waals surface area (Å²) in [5, 5.41) is 6.31. The van der Waals surface area contributed by atoms with Crippen LogP contribution in [0.1, 0.15) is 18.1 Å². The smallest absolute Gasteiger partial charge is 0.234 e. The number of carbonyl (C=O) groups is 1. The number of hydrogen-bond donors (Lipinski definition) is 2. The van der Waals surface area contributed by atoms with E-state index in [0.717, 1.165) is 25.2 Å². The van der Waals surface area contributed by atoms with Gasteiger partial charge >= 0.3 is 0 Å². The van der Waals surface area contributed by atoms with Crippen molar-refractivity contribution in [1.29, 1.82) is 0 Å². The van der Waals surface area contributed by atoms with E-state index in [9.17, 15) is 4.79 Å². The maximum Gasteiger partial charge on any atom is 0.234 e. The van der Waals surface area contributed by atoms with E-state index in [-0.39, 0.29) is 5.91 Å². The van der Waals surface area contributed by atoms with Gasteiger partial charge in [0.2, 0.25) is 5.91 Å². The first-order valence-electron chi connectivity index (χ1n) is 6.92. The average Bonchev–Trinajstić information content (AvgIpc) is 2.41. The molecule has 0 unspecified atom stereocenters. The maximum atomic E-state index is 11.9. The van der Waals surface area contributed by atoms with E-state index < -0.39 is 0 Å². The van der Waals surface area contributed by atoms with E-state index in [1.165, 1.54) is 5.56 Å². The standard InChI is InChI=1S/C15H23N3O/c1-12-3-5-14(6-4-12)10-17-15(19)11-18-8-7-16-9-13(18)2/h3-6,13,16H,7-11H2,1-2H3,(H,17,19)/t13-/m1/s1. The summed E-state index contributed by atoms with van der Waals surface area (Å²) in [5.74, 6) is 0.106. The van der Waals surface area contributed by atoms with E-state index in [1.807, 2.05) is 0 Å². The molecule has 104 valence electrons. The van der Waals surface area contributed by atoms with Crippen LogP contribution < -0.4 is 10.6 Å². The molecular weight excluding hydrogens is 238 g/mol. The summed E-state index contributed by atoms with van der Waals surface area (Å²) in [4.78, 5) is 14.1. The van der Waals surface area contributed by atoms with Crippen LogP contribution >= 0.6 is 0 Å². The van der Waals surface area contributed by atoms with Crippen LogP contribution in [0.4, 0.5) is 0 Å². The van der Waals surface area contributed by atoms with E-state index in [2.05, 4.69) is 53.6 Å². The van der Waals surface area contributed by atoms with Crippen molar-refractivity contribution in [2.45, 2.75) is 26.4 Å². The summed E-state index contributed by atoms with van der Waals surface area (Å²) >= 11 is 0. The number of hydrogen-bond acceptors (Lipinski definition) is 3. The van der Waals surface area contributed by atoms with Crippen molar-refractivity contribution < 1.29 is 4.79 Å². The van der Waals surface area contributed by atoms with Gasteiger partial charge in [-0.15, -0.1) is 0 Å². The number of carbonyl (C=O) groups excluding carboxylic acids is 1. The van der Waals surface area contributed by atoms with Gasteiger partial charge in [-0.25, -0.2) is 0 Å². The second-order valence-electron chi connectivity index (χ2n) is 5.29. The van der Waals surface area contributed by atoms with Crippen molar-refractivity contribution in [3.63, 3.8) is 0 Å². The summed E-state index contributed by atoms with van der Waals surface area (Å²) in [6.45, 7) is 8.20. The predicted octanol–water partition coefficient (Wildman–Crippen LogP) is 0.905. The van der Waals surface area contributed by atoms with E-state index in [1.54, 1.807) is 0 Å². The lowest BCUT2D eigenvalue weighted by molar-refractivity contribution is -0.123. The SMILES string of the molecule is Cc1ccc(CNC(=O)CN2CCNC[C@H]2C)cc1. The molecule has 1 fully saturated rings. The highest BCUT2D eigenvalue weighted by Crippen LogP contribution is 2.03. The Bertz CT molecular complexity index is 416. The molecule has 1 aliphatic heterocycles. The molecule has 0 spiro atoms. The molecule has 1 aliphatic rings. The number of nitrogens with zero attached hydrogens (tertiary/aromatic N) is 1. The fraction of sp³-hybridized carbons (Fsp3) is 0.533. The summed E-state index contributed by atoms with van der Waals surface area (Å²) in [5.41, 5.74) is 2.39. The van der Waals surface area contributed by atoms with Crippen LogP contribution in [0.25, 0.3) is 0 Å². The largest absolute Gasteiger partial charge is 0.351 e. The number of piperazine rings is 1. The minimum Gasteiger partial charge on any atom is -0.351 e. The van der Waals surface area contributed by atoms with Crippen molar-refractivity contribution in [3.05, 3.63) is 35.4 Å². The molecule has 0 radical (unpaired) electrons. The van der Waals surface area contributed by atoms with Gasteiger partial charge in [0.1, 0.15) is 0 Å². The van der Waals surface area contributed by atoms with Crippen LogP contribution in [-0.4, -0.2) is 43.0 Å². The maximum absolute atomic E-state index is 11.9. The lowest BCUT2D eigenvalue weighted by Crippen LogP contribution is -2.52. The summed E-state index contributed by atoms with van der Waals surface area (Å²) in [7, 11) is 0. The van der Waals surface area contributed by atoms with Gasteiger partial charge in [-0.1, -0.05) is 29.8 Å². The normalized spacial score (nSPS) is 20.2. The molecule has 1 atom stereocenters. The Hall–Kier alpha value is -1.39. The Labute approximate surface area is 115 Å². The number of aryl methyl sites for hydroxylation is 1. The fourth-order valence-electron chi connectivity index (χ4n) is 2.26. The second-order valence-corrected chi connectivity index (χ2v) is 5.29. The molecule has 0 saturated carbocycles. The lowest BCUT2D eigenvalue weighted by atomic mass is 10.1. The second kappa shape index (κ2) is 6.68. The van der Waals surface area contributed by atoms with Gasteiger partial charge < -0.3 is 10.6 Å². The van der Waals surface area contributed by atoms with Crippen LogP contribution in [0.3, 0.4) is 0 Å². The molecule has 4 heteroatoms. The van der Waals surface area contributed by atoms with Crippen LogP contribution in [0.5, 0.6) is 0 Å². The van der Waals surface area contributed by atoms with Gasteiger partial charge in [-0.2, -0.15) is 0 Å². The molecule has 4 nitrogen and oxygen atoms in total. The highest BCUT2D eigenvalue weighted by Gasteiger charge is 2.19. The van der Waals surface area contributed by atoms with Crippen molar-refractivity contribution in [1.82, 2.24) is 15.5 Å². The number of benzene rings is 1. The third kappa shape index (κ3) is 4.33. The molecule has 1 saturated heterocycles. The molecule has 0 bridgehead atoms. The monoisotopic (exact) mass is 261 g/mol. The molecule has 2 rings (SSSR count). The van der Waals surface area contributed by atoms with E-state index in [4.69, 9.17) is 0 Å². The average molecular weight is 261 g/mol. The highest BCUT2D eigenvalue weighted by atomic mass is 16.2. The fourth-order valence-corrected chi connectivity index (χ4v) is 2.26. The molecule has 0 aliphatic carbocycles.